The standard InChI is InChI=1S/C21H24N4O5S/c1-3-20(26)23(9-10-30-2)14-21(27)24-18(13-17(22-24)19-8-5-11-31-19)15-6-4-7-16(12-15)25(28)29/h4-8,11-12,18H,3,9-10,13-14H2,1-2H3/t18-/m1/s1. The molecule has 9 nitrogen and oxygen atoms in total. The Hall–Kier alpha value is -3.11. The lowest BCUT2D eigenvalue weighted by atomic mass is 10.0. The number of hydrogen-bond acceptors (Lipinski definition) is 7. The monoisotopic (exact) mass is 444 g/mol. The summed E-state index contributed by atoms with van der Waals surface area (Å²) in [5.74, 6) is -0.500. The number of nitrogens with zero attached hydrogens (tertiary/aromatic N) is 4. The van der Waals surface area contributed by atoms with E-state index in [1.807, 2.05) is 17.5 Å². The molecule has 0 unspecified atom stereocenters. The predicted octanol–water partition coefficient (Wildman–Crippen LogP) is 3.22. The van der Waals surface area contributed by atoms with E-state index in [1.165, 1.54) is 40.5 Å². The molecule has 1 aromatic heterocycles. The topological polar surface area (TPSA) is 105 Å². The lowest BCUT2D eigenvalue weighted by molar-refractivity contribution is -0.385. The average Bonchev–Trinajstić information content (AvgIpc) is 3.46. The molecule has 0 aliphatic carbocycles. The van der Waals surface area contributed by atoms with Gasteiger partial charge in [-0.3, -0.25) is 19.7 Å². The van der Waals surface area contributed by atoms with E-state index in [-0.39, 0.29) is 30.5 Å². The minimum absolute atomic E-state index is 0.0441. The Labute approximate surface area is 184 Å². The first-order chi connectivity index (χ1) is 14.9. The Balaban J connectivity index is 1.90. The van der Waals surface area contributed by atoms with Gasteiger partial charge in [0.1, 0.15) is 6.54 Å². The summed E-state index contributed by atoms with van der Waals surface area (Å²) in [4.78, 5) is 38.7. The molecule has 31 heavy (non-hydrogen) atoms. The Kier molecular flexibility index (Phi) is 7.48. The highest BCUT2D eigenvalue weighted by Gasteiger charge is 2.35. The fourth-order valence-electron chi connectivity index (χ4n) is 3.39. The quantitative estimate of drug-likeness (QED) is 0.436. The molecule has 10 heteroatoms. The van der Waals surface area contributed by atoms with Gasteiger partial charge in [0.05, 0.1) is 28.2 Å². The highest BCUT2D eigenvalue weighted by atomic mass is 32.1. The number of amides is 2. The molecule has 0 bridgehead atoms. The number of carbonyl (C=O) groups excluding carboxylic acids is 2. The van der Waals surface area contributed by atoms with E-state index in [2.05, 4.69) is 5.10 Å². The predicted molar refractivity (Wildman–Crippen MR) is 117 cm³/mol. The van der Waals surface area contributed by atoms with Gasteiger partial charge in [-0.15, -0.1) is 11.3 Å². The van der Waals surface area contributed by atoms with Crippen molar-refractivity contribution in [2.45, 2.75) is 25.8 Å². The van der Waals surface area contributed by atoms with Crippen molar-refractivity contribution >= 4 is 34.6 Å². The largest absolute Gasteiger partial charge is 0.383 e. The molecule has 0 spiro atoms. The zero-order valence-electron chi connectivity index (χ0n) is 17.4. The van der Waals surface area contributed by atoms with Crippen LogP contribution in [0.3, 0.4) is 0 Å². The van der Waals surface area contributed by atoms with Crippen molar-refractivity contribution in [2.75, 3.05) is 26.8 Å². The van der Waals surface area contributed by atoms with Crippen molar-refractivity contribution < 1.29 is 19.2 Å². The maximum atomic E-state index is 13.2. The van der Waals surface area contributed by atoms with Crippen LogP contribution < -0.4 is 0 Å². The fourth-order valence-corrected chi connectivity index (χ4v) is 4.11. The fraction of sp³-hybridized carbons (Fsp3) is 0.381. The Morgan fingerprint density at radius 1 is 1.35 bits per heavy atom. The SMILES string of the molecule is CCC(=O)N(CCOC)CC(=O)N1N=C(c2cccs2)C[C@@H]1c1cccc([N+](=O)[O-])c1. The number of nitro benzene ring substituents is 1. The van der Waals surface area contributed by atoms with Crippen molar-refractivity contribution in [1.82, 2.24) is 9.91 Å². The maximum absolute atomic E-state index is 13.2. The van der Waals surface area contributed by atoms with Crippen molar-refractivity contribution in [3.63, 3.8) is 0 Å². The van der Waals surface area contributed by atoms with E-state index in [1.54, 1.807) is 19.1 Å². The summed E-state index contributed by atoms with van der Waals surface area (Å²) in [6, 6.07) is 9.59. The van der Waals surface area contributed by atoms with E-state index in [9.17, 15) is 19.7 Å². The Bertz CT molecular complexity index is 976. The van der Waals surface area contributed by atoms with Crippen LogP contribution in [0, 0.1) is 10.1 Å². The third-order valence-electron chi connectivity index (χ3n) is 4.98. The van der Waals surface area contributed by atoms with Crippen molar-refractivity contribution in [1.29, 1.82) is 0 Å². The summed E-state index contributed by atoms with van der Waals surface area (Å²) in [6.45, 7) is 2.22. The summed E-state index contributed by atoms with van der Waals surface area (Å²) in [7, 11) is 1.53. The molecule has 2 amide bonds. The number of ether oxygens (including phenoxy) is 1. The smallest absolute Gasteiger partial charge is 0.269 e. The van der Waals surface area contributed by atoms with Gasteiger partial charge in [0.25, 0.3) is 11.6 Å². The van der Waals surface area contributed by atoms with Crippen LogP contribution in [0.5, 0.6) is 0 Å². The number of hydrazone groups is 1. The van der Waals surface area contributed by atoms with Crippen LogP contribution in [0.2, 0.25) is 0 Å². The van der Waals surface area contributed by atoms with E-state index in [0.29, 0.717) is 25.1 Å². The van der Waals surface area contributed by atoms with E-state index < -0.39 is 11.0 Å². The number of thiophene rings is 1. The van der Waals surface area contributed by atoms with Gasteiger partial charge < -0.3 is 9.64 Å². The number of rotatable bonds is 9. The highest BCUT2D eigenvalue weighted by Crippen LogP contribution is 2.35. The summed E-state index contributed by atoms with van der Waals surface area (Å²) < 4.78 is 5.06. The molecule has 1 aromatic carbocycles. The van der Waals surface area contributed by atoms with Gasteiger partial charge in [-0.2, -0.15) is 5.10 Å². The van der Waals surface area contributed by atoms with Crippen LogP contribution in [0.15, 0.2) is 46.9 Å². The Morgan fingerprint density at radius 2 is 2.16 bits per heavy atom. The van der Waals surface area contributed by atoms with E-state index >= 15 is 0 Å². The van der Waals surface area contributed by atoms with E-state index in [0.717, 1.165) is 10.6 Å². The van der Waals surface area contributed by atoms with Gasteiger partial charge >= 0.3 is 0 Å². The summed E-state index contributed by atoms with van der Waals surface area (Å²) in [5, 5.41) is 19.1. The summed E-state index contributed by atoms with van der Waals surface area (Å²) >= 11 is 1.51. The first-order valence-electron chi connectivity index (χ1n) is 9.89. The second kappa shape index (κ2) is 10.3. The highest BCUT2D eigenvalue weighted by molar-refractivity contribution is 7.12. The molecule has 3 rings (SSSR count). The number of hydrogen-bond donors (Lipinski definition) is 0. The van der Waals surface area contributed by atoms with Gasteiger partial charge in [-0.05, 0) is 17.0 Å². The van der Waals surface area contributed by atoms with Gasteiger partial charge in [0.15, 0.2) is 0 Å². The van der Waals surface area contributed by atoms with Crippen LogP contribution in [-0.4, -0.2) is 59.2 Å². The first-order valence-corrected chi connectivity index (χ1v) is 10.8. The molecule has 164 valence electrons. The third kappa shape index (κ3) is 5.33. The van der Waals surface area contributed by atoms with Crippen LogP contribution in [0.1, 0.15) is 36.2 Å². The second-order valence-corrected chi connectivity index (χ2v) is 7.94. The van der Waals surface area contributed by atoms with Gasteiger partial charge in [-0.1, -0.05) is 25.1 Å². The molecule has 0 saturated heterocycles. The molecular formula is C21H24N4O5S. The average molecular weight is 445 g/mol. The number of non-ortho nitro benzene ring substituents is 1. The van der Waals surface area contributed by atoms with Crippen molar-refractivity contribution in [3.05, 3.63) is 62.3 Å². The molecule has 1 aliphatic heterocycles. The molecule has 0 fully saturated rings. The molecule has 1 atom stereocenters. The number of benzene rings is 1. The van der Waals surface area contributed by atoms with Crippen molar-refractivity contribution in [2.24, 2.45) is 5.10 Å². The van der Waals surface area contributed by atoms with E-state index in [4.69, 9.17) is 4.74 Å². The number of methoxy groups -OCH3 is 1. The maximum Gasteiger partial charge on any atom is 0.269 e. The van der Waals surface area contributed by atoms with Gasteiger partial charge in [0, 0.05) is 38.6 Å². The van der Waals surface area contributed by atoms with Crippen LogP contribution >= 0.6 is 11.3 Å². The Morgan fingerprint density at radius 3 is 2.81 bits per heavy atom. The number of carbonyl (C=O) groups is 2. The molecule has 0 radical (unpaired) electrons. The molecule has 2 aromatic rings. The van der Waals surface area contributed by atoms with Crippen LogP contribution in [0.25, 0.3) is 0 Å². The van der Waals surface area contributed by atoms with Gasteiger partial charge in [0.2, 0.25) is 5.91 Å². The van der Waals surface area contributed by atoms with Crippen LogP contribution in [-0.2, 0) is 14.3 Å². The zero-order valence-corrected chi connectivity index (χ0v) is 18.2. The van der Waals surface area contributed by atoms with Gasteiger partial charge in [-0.25, -0.2) is 5.01 Å². The normalized spacial score (nSPS) is 15.6. The van der Waals surface area contributed by atoms with Crippen LogP contribution in [0.4, 0.5) is 5.69 Å². The summed E-state index contributed by atoms with van der Waals surface area (Å²) in [6.07, 6.45) is 0.711. The molecule has 2 heterocycles. The zero-order chi connectivity index (χ0) is 22.4. The molecule has 0 N–H and O–H groups in total. The third-order valence-corrected chi connectivity index (χ3v) is 5.90. The number of nitro groups is 1. The second-order valence-electron chi connectivity index (χ2n) is 7.00. The minimum atomic E-state index is -0.481. The minimum Gasteiger partial charge on any atom is -0.383 e. The lowest BCUT2D eigenvalue weighted by Crippen LogP contribution is -2.42. The molecule has 0 saturated carbocycles. The lowest BCUT2D eigenvalue weighted by Gasteiger charge is -2.26. The molecule has 1 aliphatic rings. The first kappa shape index (κ1) is 22.6. The molecular weight excluding hydrogens is 420 g/mol. The van der Waals surface area contributed by atoms with Crippen molar-refractivity contribution in [3.8, 4) is 0 Å². The summed E-state index contributed by atoms with van der Waals surface area (Å²) in [5.41, 5.74) is 1.32.